The van der Waals surface area contributed by atoms with Crippen LogP contribution in [0, 0.1) is 0 Å². The van der Waals surface area contributed by atoms with Crippen LogP contribution >= 0.6 is 0 Å². The average molecular weight is 388 g/mol. The highest BCUT2D eigenvalue weighted by molar-refractivity contribution is 5.94. The van der Waals surface area contributed by atoms with Crippen LogP contribution in [0.15, 0.2) is 54.9 Å². The van der Waals surface area contributed by atoms with Crippen molar-refractivity contribution in [1.29, 1.82) is 0 Å². The van der Waals surface area contributed by atoms with Crippen molar-refractivity contribution in [3.05, 3.63) is 66.0 Å². The number of nitrogens with one attached hydrogen (secondary N) is 1. The van der Waals surface area contributed by atoms with Crippen molar-refractivity contribution in [2.24, 2.45) is 0 Å². The fraction of sp³-hybridized carbons (Fsp3) is 0.304. The summed E-state index contributed by atoms with van der Waals surface area (Å²) in [4.78, 5) is 16.9. The summed E-state index contributed by atoms with van der Waals surface area (Å²) >= 11 is 0. The number of hydrogen-bond acceptors (Lipinski definition) is 3. The molecule has 2 aliphatic rings. The molecule has 0 unspecified atom stereocenters. The molecule has 1 N–H and O–H groups in total. The van der Waals surface area contributed by atoms with Gasteiger partial charge in [-0.2, -0.15) is 5.10 Å². The molecule has 1 aliphatic carbocycles. The van der Waals surface area contributed by atoms with Crippen LogP contribution in [0.4, 0.5) is 10.5 Å². The first-order valence-corrected chi connectivity index (χ1v) is 10.1. The lowest BCUT2D eigenvalue weighted by Gasteiger charge is -2.20. The number of aromatic amines is 1. The Kier molecular flexibility index (Phi) is 4.46. The molecule has 6 nitrogen and oxygen atoms in total. The van der Waals surface area contributed by atoms with Crippen molar-refractivity contribution in [2.75, 3.05) is 25.1 Å². The Morgan fingerprint density at radius 1 is 1.17 bits per heavy atom. The molecule has 0 spiro atoms. The van der Waals surface area contributed by atoms with Crippen LogP contribution in [0.3, 0.4) is 0 Å². The number of carbonyl (C=O) groups excluding carboxylic acids is 1. The van der Waals surface area contributed by atoms with E-state index in [1.165, 1.54) is 24.0 Å². The van der Waals surface area contributed by atoms with Gasteiger partial charge in [-0.25, -0.2) is 4.79 Å². The number of rotatable bonds is 6. The molecule has 2 fully saturated rings. The summed E-state index contributed by atoms with van der Waals surface area (Å²) in [5, 5.41) is 6.99. The number of hydrogen-bond donors (Lipinski definition) is 1. The first-order valence-electron chi connectivity index (χ1n) is 10.1. The Hall–Kier alpha value is -3.28. The monoisotopic (exact) mass is 388 g/mol. The molecule has 0 bridgehead atoms. The number of methoxy groups -OCH3 is 1. The molecule has 2 amide bonds. The number of ether oxygens (including phenoxy) is 1. The highest BCUT2D eigenvalue weighted by Gasteiger charge is 2.32. The quantitative estimate of drug-likeness (QED) is 0.681. The first-order chi connectivity index (χ1) is 14.2. The number of anilines is 1. The second kappa shape index (κ2) is 7.28. The molecule has 0 atom stereocenters. The molecule has 6 heteroatoms. The molecule has 5 rings (SSSR count). The van der Waals surface area contributed by atoms with Crippen LogP contribution in [0.5, 0.6) is 5.75 Å². The van der Waals surface area contributed by atoms with Crippen molar-refractivity contribution >= 4 is 11.7 Å². The minimum Gasteiger partial charge on any atom is -0.497 e. The molecule has 1 aromatic heterocycles. The van der Waals surface area contributed by atoms with E-state index in [0.717, 1.165) is 29.1 Å². The van der Waals surface area contributed by atoms with Crippen molar-refractivity contribution < 1.29 is 9.53 Å². The fourth-order valence-electron chi connectivity index (χ4n) is 4.07. The van der Waals surface area contributed by atoms with Gasteiger partial charge in [0, 0.05) is 37.1 Å². The maximum Gasteiger partial charge on any atom is 0.324 e. The van der Waals surface area contributed by atoms with Crippen molar-refractivity contribution in [3.8, 4) is 16.9 Å². The second-order valence-corrected chi connectivity index (χ2v) is 7.74. The van der Waals surface area contributed by atoms with Gasteiger partial charge < -0.3 is 9.64 Å². The van der Waals surface area contributed by atoms with Crippen LogP contribution < -0.4 is 9.64 Å². The maximum absolute atomic E-state index is 13.1. The molecule has 3 aromatic rings. The Balaban J connectivity index is 1.37. The van der Waals surface area contributed by atoms with Gasteiger partial charge in [0.15, 0.2) is 0 Å². The number of H-pyrrole nitrogens is 1. The lowest BCUT2D eigenvalue weighted by molar-refractivity contribution is 0.218. The van der Waals surface area contributed by atoms with E-state index in [4.69, 9.17) is 4.74 Å². The minimum atomic E-state index is 0.0608. The number of amides is 2. The predicted molar refractivity (Wildman–Crippen MR) is 112 cm³/mol. The van der Waals surface area contributed by atoms with Gasteiger partial charge in [0.1, 0.15) is 5.75 Å². The van der Waals surface area contributed by atoms with Crippen LogP contribution in [0.1, 0.15) is 29.9 Å². The number of benzene rings is 2. The second-order valence-electron chi connectivity index (χ2n) is 7.74. The number of urea groups is 1. The van der Waals surface area contributed by atoms with E-state index in [9.17, 15) is 4.79 Å². The Labute approximate surface area is 170 Å². The minimum absolute atomic E-state index is 0.0608. The van der Waals surface area contributed by atoms with Gasteiger partial charge in [0.05, 0.1) is 13.3 Å². The van der Waals surface area contributed by atoms with Gasteiger partial charge in [0.25, 0.3) is 0 Å². The zero-order valence-corrected chi connectivity index (χ0v) is 16.5. The smallest absolute Gasteiger partial charge is 0.324 e. The highest BCUT2D eigenvalue weighted by Crippen LogP contribution is 2.45. The molecule has 148 valence electrons. The van der Waals surface area contributed by atoms with Crippen molar-refractivity contribution in [2.45, 2.75) is 25.3 Å². The lowest BCUT2D eigenvalue weighted by atomic mass is 9.98. The van der Waals surface area contributed by atoms with Gasteiger partial charge in [-0.1, -0.05) is 18.2 Å². The number of aromatic nitrogens is 2. The largest absolute Gasteiger partial charge is 0.497 e. The average Bonchev–Trinajstić information content (AvgIpc) is 3.34. The van der Waals surface area contributed by atoms with E-state index in [1.807, 2.05) is 46.5 Å². The van der Waals surface area contributed by atoms with E-state index < -0.39 is 0 Å². The molecular formula is C23H24N4O2. The van der Waals surface area contributed by atoms with E-state index in [2.05, 4.69) is 28.4 Å². The number of carbonyl (C=O) groups is 1. The van der Waals surface area contributed by atoms with Crippen LogP contribution in [-0.4, -0.2) is 41.3 Å². The zero-order valence-electron chi connectivity index (χ0n) is 16.5. The summed E-state index contributed by atoms with van der Waals surface area (Å²) in [5.74, 6) is 1.40. The van der Waals surface area contributed by atoms with Crippen LogP contribution in [-0.2, 0) is 6.54 Å². The molecule has 2 heterocycles. The van der Waals surface area contributed by atoms with E-state index in [0.29, 0.717) is 19.0 Å². The highest BCUT2D eigenvalue weighted by atomic mass is 16.5. The zero-order chi connectivity index (χ0) is 19.8. The molecule has 1 saturated carbocycles. The summed E-state index contributed by atoms with van der Waals surface area (Å²) in [6.07, 6.45) is 6.21. The molecular weight excluding hydrogens is 364 g/mol. The van der Waals surface area contributed by atoms with Gasteiger partial charge >= 0.3 is 6.03 Å². The molecule has 29 heavy (non-hydrogen) atoms. The number of nitrogens with zero attached hydrogens (tertiary/aromatic N) is 3. The third-order valence-corrected chi connectivity index (χ3v) is 5.78. The first kappa shape index (κ1) is 17.8. The summed E-state index contributed by atoms with van der Waals surface area (Å²) in [6, 6.07) is 14.3. The predicted octanol–water partition coefficient (Wildman–Crippen LogP) is 4.40. The Morgan fingerprint density at radius 3 is 2.83 bits per heavy atom. The van der Waals surface area contributed by atoms with Crippen LogP contribution in [0.25, 0.3) is 11.1 Å². The summed E-state index contributed by atoms with van der Waals surface area (Å²) < 4.78 is 5.30. The third-order valence-electron chi connectivity index (χ3n) is 5.78. The summed E-state index contributed by atoms with van der Waals surface area (Å²) in [7, 11) is 1.66. The molecule has 1 aliphatic heterocycles. The SMILES string of the molecule is COc1cccc(CN2CCN(c3ccc(-c4cn[nH]c4)c(C4CC4)c3)C2=O)c1. The molecule has 2 aromatic carbocycles. The topological polar surface area (TPSA) is 61.5 Å². The fourth-order valence-corrected chi connectivity index (χ4v) is 4.07. The van der Waals surface area contributed by atoms with E-state index >= 15 is 0 Å². The molecule has 0 radical (unpaired) electrons. The third kappa shape index (κ3) is 3.46. The van der Waals surface area contributed by atoms with E-state index in [1.54, 1.807) is 7.11 Å². The van der Waals surface area contributed by atoms with E-state index in [-0.39, 0.29) is 6.03 Å². The Bertz CT molecular complexity index is 1030. The standard InChI is InChI=1S/C23H24N4O2/c1-29-20-4-2-3-16(11-20)15-26-9-10-27(23(26)28)19-7-8-21(18-13-24-25-14-18)22(12-19)17-5-6-17/h2-4,7-8,11-14,17H,5-6,9-10,15H2,1H3,(H,24,25). The summed E-state index contributed by atoms with van der Waals surface area (Å²) in [6.45, 7) is 2.02. The van der Waals surface area contributed by atoms with Gasteiger partial charge in [0.2, 0.25) is 0 Å². The van der Waals surface area contributed by atoms with Gasteiger partial charge in [-0.15, -0.1) is 0 Å². The van der Waals surface area contributed by atoms with Crippen LogP contribution in [0.2, 0.25) is 0 Å². The Morgan fingerprint density at radius 2 is 2.07 bits per heavy atom. The van der Waals surface area contributed by atoms with Crippen molar-refractivity contribution in [1.82, 2.24) is 15.1 Å². The maximum atomic E-state index is 13.1. The normalized spacial score (nSPS) is 16.5. The van der Waals surface area contributed by atoms with Crippen molar-refractivity contribution in [3.63, 3.8) is 0 Å². The summed E-state index contributed by atoms with van der Waals surface area (Å²) in [5.41, 5.74) is 5.70. The lowest BCUT2D eigenvalue weighted by Crippen LogP contribution is -2.31. The molecule has 1 saturated heterocycles. The van der Waals surface area contributed by atoms with Gasteiger partial charge in [-0.3, -0.25) is 10.00 Å². The van der Waals surface area contributed by atoms with Gasteiger partial charge in [-0.05, 0) is 59.7 Å².